The highest BCUT2D eigenvalue weighted by atomic mass is 79.9. The normalized spacial score (nSPS) is 32.6. The van der Waals surface area contributed by atoms with E-state index in [-0.39, 0.29) is 51.0 Å². The molecule has 5 rings (SSSR count). The van der Waals surface area contributed by atoms with E-state index < -0.39 is 0 Å². The van der Waals surface area contributed by atoms with Gasteiger partial charge < -0.3 is 5.32 Å². The molecular weight excluding hydrogens is 500 g/mol. The highest BCUT2D eigenvalue weighted by Gasteiger charge is 2.66. The Morgan fingerprint density at radius 2 is 1.52 bits per heavy atom. The molecule has 2 saturated carbocycles. The predicted molar refractivity (Wildman–Crippen MR) is 117 cm³/mol. The zero-order chi connectivity index (χ0) is 20.3. The van der Waals surface area contributed by atoms with Crippen molar-refractivity contribution in [2.75, 3.05) is 10.2 Å². The minimum Gasteiger partial charge on any atom is -0.322 e. The molecule has 148 valence electrons. The molecule has 5 nitrogen and oxygen atoms in total. The van der Waals surface area contributed by atoms with Crippen LogP contribution in [0, 0.1) is 23.7 Å². The first-order chi connectivity index (χ1) is 14.0. The third-order valence-corrected chi connectivity index (χ3v) is 9.59. The molecule has 0 spiro atoms. The largest absolute Gasteiger partial charge is 0.322 e. The van der Waals surface area contributed by atoms with Crippen molar-refractivity contribution in [1.29, 1.82) is 0 Å². The minimum atomic E-state index is -0.256. The molecule has 3 fully saturated rings. The van der Waals surface area contributed by atoms with E-state index in [0.717, 1.165) is 6.42 Å². The van der Waals surface area contributed by atoms with Crippen LogP contribution in [0.1, 0.15) is 16.8 Å². The smallest absolute Gasteiger partial charge is 0.255 e. The number of amides is 3. The second-order valence-corrected chi connectivity index (χ2v) is 10.0. The molecule has 0 aromatic heterocycles. The zero-order valence-electron chi connectivity index (χ0n) is 15.3. The van der Waals surface area contributed by atoms with Crippen molar-refractivity contribution in [2.45, 2.75) is 16.1 Å². The van der Waals surface area contributed by atoms with Gasteiger partial charge in [0.05, 0.1) is 17.5 Å². The van der Waals surface area contributed by atoms with Gasteiger partial charge in [0.2, 0.25) is 11.8 Å². The lowest BCUT2D eigenvalue weighted by Gasteiger charge is -2.28. The Labute approximate surface area is 185 Å². The summed E-state index contributed by atoms with van der Waals surface area (Å²) < 4.78 is 0. The molecule has 2 aliphatic carbocycles. The second kappa shape index (κ2) is 7.06. The van der Waals surface area contributed by atoms with Crippen LogP contribution >= 0.6 is 31.9 Å². The van der Waals surface area contributed by atoms with E-state index in [4.69, 9.17) is 0 Å². The summed E-state index contributed by atoms with van der Waals surface area (Å²) in [6.45, 7) is 0. The second-order valence-electron chi connectivity index (χ2n) is 7.89. The number of hydrogen-bond donors (Lipinski definition) is 1. The first kappa shape index (κ1) is 19.0. The highest BCUT2D eigenvalue weighted by Crippen LogP contribution is 2.60. The van der Waals surface area contributed by atoms with Crippen LogP contribution in [-0.4, -0.2) is 27.4 Å². The number of hydrogen-bond acceptors (Lipinski definition) is 3. The van der Waals surface area contributed by atoms with Gasteiger partial charge in [-0.3, -0.25) is 14.4 Å². The van der Waals surface area contributed by atoms with Crippen LogP contribution in [0.2, 0.25) is 0 Å². The number of benzene rings is 2. The SMILES string of the molecule is O=C(Nc1cccc(N2C(=O)[C@@H]3[C@@H]4C[C@H]([C@H](Br)[C@@H]4Br)[C@@H]3C2=O)c1)c1ccccc1. The van der Waals surface area contributed by atoms with Gasteiger partial charge in [-0.15, -0.1) is 0 Å². The number of nitrogens with zero attached hydrogens (tertiary/aromatic N) is 1. The number of anilines is 2. The monoisotopic (exact) mass is 516 g/mol. The van der Waals surface area contributed by atoms with Crippen molar-refractivity contribution in [1.82, 2.24) is 0 Å². The molecule has 0 radical (unpaired) electrons. The van der Waals surface area contributed by atoms with Gasteiger partial charge in [0, 0.05) is 20.9 Å². The summed E-state index contributed by atoms with van der Waals surface area (Å²) in [6, 6.07) is 15.9. The van der Waals surface area contributed by atoms with Gasteiger partial charge >= 0.3 is 0 Å². The van der Waals surface area contributed by atoms with Crippen LogP contribution in [0.3, 0.4) is 0 Å². The van der Waals surface area contributed by atoms with E-state index in [2.05, 4.69) is 37.2 Å². The van der Waals surface area contributed by atoms with Crippen molar-refractivity contribution in [3.05, 3.63) is 60.2 Å². The summed E-state index contributed by atoms with van der Waals surface area (Å²) in [6.07, 6.45) is 0.902. The van der Waals surface area contributed by atoms with E-state index in [0.29, 0.717) is 16.9 Å². The fourth-order valence-electron chi connectivity index (χ4n) is 5.12. The Morgan fingerprint density at radius 1 is 0.897 bits per heavy atom. The maximum absolute atomic E-state index is 13.2. The molecular formula is C22H18Br2N2O3. The molecule has 2 aromatic rings. The number of nitrogens with one attached hydrogen (secondary N) is 1. The average molecular weight is 518 g/mol. The number of carbonyl (C=O) groups excluding carboxylic acids is 3. The predicted octanol–water partition coefficient (Wildman–Crippen LogP) is 4.22. The third kappa shape index (κ3) is 2.89. The van der Waals surface area contributed by atoms with Crippen molar-refractivity contribution >= 4 is 61.0 Å². The molecule has 1 heterocycles. The average Bonchev–Trinajstić information content (AvgIpc) is 3.33. The molecule has 1 saturated heterocycles. The summed E-state index contributed by atoms with van der Waals surface area (Å²) in [5.41, 5.74) is 1.61. The number of carbonyl (C=O) groups is 3. The highest BCUT2D eigenvalue weighted by molar-refractivity contribution is 9.12. The fraction of sp³-hybridized carbons (Fsp3) is 0.318. The van der Waals surface area contributed by atoms with Crippen LogP contribution in [-0.2, 0) is 9.59 Å². The van der Waals surface area contributed by atoms with Crippen molar-refractivity contribution in [3.63, 3.8) is 0 Å². The minimum absolute atomic E-state index is 0.122. The first-order valence-corrected chi connectivity index (χ1v) is 11.4. The fourth-order valence-corrected chi connectivity index (χ4v) is 6.99. The number of imide groups is 1. The van der Waals surface area contributed by atoms with E-state index in [1.165, 1.54) is 4.90 Å². The molecule has 1 N–H and O–H groups in total. The molecule has 6 atom stereocenters. The van der Waals surface area contributed by atoms with Gasteiger partial charge in [-0.2, -0.15) is 0 Å². The number of halogens is 2. The van der Waals surface area contributed by atoms with Gasteiger partial charge in [-0.05, 0) is 48.6 Å². The first-order valence-electron chi connectivity index (χ1n) is 9.60. The number of alkyl halides is 2. The molecule has 2 aromatic carbocycles. The third-order valence-electron chi connectivity index (χ3n) is 6.39. The van der Waals surface area contributed by atoms with Crippen molar-refractivity contribution < 1.29 is 14.4 Å². The van der Waals surface area contributed by atoms with Gasteiger partial charge in [0.15, 0.2) is 0 Å². The zero-order valence-corrected chi connectivity index (χ0v) is 18.5. The van der Waals surface area contributed by atoms with Crippen LogP contribution in [0.25, 0.3) is 0 Å². The van der Waals surface area contributed by atoms with E-state index in [1.54, 1.807) is 48.5 Å². The topological polar surface area (TPSA) is 66.5 Å². The molecule has 0 unspecified atom stereocenters. The lowest BCUT2D eigenvalue weighted by atomic mass is 9.81. The molecule has 2 bridgehead atoms. The van der Waals surface area contributed by atoms with Gasteiger partial charge in [-0.25, -0.2) is 4.90 Å². The maximum atomic E-state index is 13.2. The summed E-state index contributed by atoms with van der Waals surface area (Å²) in [7, 11) is 0. The molecule has 3 aliphatic rings. The van der Waals surface area contributed by atoms with E-state index in [9.17, 15) is 14.4 Å². The molecule has 1 aliphatic heterocycles. The van der Waals surface area contributed by atoms with Crippen molar-refractivity contribution in [3.8, 4) is 0 Å². The molecule has 7 heteroatoms. The van der Waals surface area contributed by atoms with Crippen LogP contribution in [0.15, 0.2) is 54.6 Å². The Balaban J connectivity index is 1.41. The van der Waals surface area contributed by atoms with E-state index >= 15 is 0 Å². The Hall–Kier alpha value is -1.99. The Morgan fingerprint density at radius 3 is 2.14 bits per heavy atom. The van der Waals surface area contributed by atoms with Gasteiger partial charge in [0.25, 0.3) is 5.91 Å². The summed E-state index contributed by atoms with van der Waals surface area (Å²) in [4.78, 5) is 40.5. The Bertz CT molecular complexity index is 980. The summed E-state index contributed by atoms with van der Waals surface area (Å²) >= 11 is 7.41. The number of rotatable bonds is 3. The standard InChI is InChI=1S/C22H18Br2N2O3/c23-18-14-10-15(19(18)24)17-16(14)21(28)26(22(17)29)13-8-4-7-12(9-13)25-20(27)11-5-2-1-3-6-11/h1-9,14-19H,10H2,(H,25,27)/t14-,15-,16-,17+,18-,19+/m0/s1. The quantitative estimate of drug-likeness (QED) is 0.489. The van der Waals surface area contributed by atoms with Crippen LogP contribution < -0.4 is 10.2 Å². The summed E-state index contributed by atoms with van der Waals surface area (Å²) in [5.74, 6) is -0.637. The molecule has 29 heavy (non-hydrogen) atoms. The van der Waals surface area contributed by atoms with Gasteiger partial charge in [0.1, 0.15) is 0 Å². The summed E-state index contributed by atoms with van der Waals surface area (Å²) in [5, 5.41) is 2.84. The molecule has 3 amide bonds. The Kier molecular flexibility index (Phi) is 4.62. The van der Waals surface area contributed by atoms with Crippen LogP contribution in [0.4, 0.5) is 11.4 Å². The lowest BCUT2D eigenvalue weighted by molar-refractivity contribution is -0.123. The number of fused-ring (bicyclic) bond motifs is 5. The maximum Gasteiger partial charge on any atom is 0.255 e. The van der Waals surface area contributed by atoms with Gasteiger partial charge in [-0.1, -0.05) is 56.1 Å². The van der Waals surface area contributed by atoms with Crippen LogP contribution in [0.5, 0.6) is 0 Å². The van der Waals surface area contributed by atoms with Crippen molar-refractivity contribution in [2.24, 2.45) is 23.7 Å². The van der Waals surface area contributed by atoms with E-state index in [1.807, 2.05) is 6.07 Å². The lowest BCUT2D eigenvalue weighted by Crippen LogP contribution is -2.37.